The zero-order valence-corrected chi connectivity index (χ0v) is 11.8. The van der Waals surface area contributed by atoms with E-state index in [4.69, 9.17) is 5.73 Å². The molecule has 0 aromatic heterocycles. The Morgan fingerprint density at radius 3 is 2.56 bits per heavy atom. The highest BCUT2D eigenvalue weighted by molar-refractivity contribution is 7.92. The fraction of sp³-hybridized carbons (Fsp3) is 0.364. The topological polar surface area (TPSA) is 63.4 Å². The first-order valence-electron chi connectivity index (χ1n) is 5.24. The molecule has 18 heavy (non-hydrogen) atoms. The fourth-order valence-corrected chi connectivity index (χ4v) is 2.89. The van der Waals surface area contributed by atoms with E-state index in [1.54, 1.807) is 12.1 Å². The third-order valence-corrected chi connectivity index (χ3v) is 5.28. The zero-order valence-electron chi connectivity index (χ0n) is 10.1. The summed E-state index contributed by atoms with van der Waals surface area (Å²) in [6.07, 6.45) is 0. The van der Waals surface area contributed by atoms with Crippen LogP contribution in [0.3, 0.4) is 0 Å². The molecule has 1 unspecified atom stereocenters. The Hall–Kier alpha value is -1.05. The minimum absolute atomic E-state index is 0.0536. The van der Waals surface area contributed by atoms with Crippen LogP contribution in [0.15, 0.2) is 24.3 Å². The molecule has 1 rings (SSSR count). The van der Waals surface area contributed by atoms with Gasteiger partial charge in [0.15, 0.2) is 0 Å². The van der Waals surface area contributed by atoms with Gasteiger partial charge in [0.25, 0.3) is 0 Å². The van der Waals surface area contributed by atoms with Crippen molar-refractivity contribution in [1.82, 2.24) is 4.31 Å². The molecule has 0 radical (unpaired) electrons. The number of nitrogens with zero attached hydrogens (tertiary/aromatic N) is 1. The lowest BCUT2D eigenvalue weighted by Crippen LogP contribution is -2.40. The number of thiocarbonyl (C=S) groups is 1. The average Bonchev–Trinajstić information content (AvgIpc) is 2.30. The summed E-state index contributed by atoms with van der Waals surface area (Å²) < 4.78 is 38.5. The lowest BCUT2D eigenvalue weighted by molar-refractivity contribution is 0.454. The Labute approximate surface area is 112 Å². The number of benzene rings is 1. The van der Waals surface area contributed by atoms with Crippen LogP contribution >= 0.6 is 12.2 Å². The van der Waals surface area contributed by atoms with Gasteiger partial charge in [0.05, 0.1) is 4.99 Å². The standard InChI is InChI=1S/C11H15FN2O2S2/c1-8(11(13)17)18(15,16)14(2)7-9-5-3-4-6-10(9)12/h3-6,8H,7H2,1-2H3,(H2,13,17). The number of sulfonamides is 1. The Bertz CT molecular complexity index is 546. The summed E-state index contributed by atoms with van der Waals surface area (Å²) in [5.41, 5.74) is 5.64. The highest BCUT2D eigenvalue weighted by atomic mass is 32.2. The lowest BCUT2D eigenvalue weighted by Gasteiger charge is -2.21. The van der Waals surface area contributed by atoms with Crippen LogP contribution in [0.25, 0.3) is 0 Å². The van der Waals surface area contributed by atoms with Gasteiger partial charge in [0.2, 0.25) is 10.0 Å². The van der Waals surface area contributed by atoms with Crippen molar-refractivity contribution in [1.29, 1.82) is 0 Å². The summed E-state index contributed by atoms with van der Waals surface area (Å²) in [4.78, 5) is -0.101. The van der Waals surface area contributed by atoms with Gasteiger partial charge in [-0.25, -0.2) is 12.8 Å². The summed E-state index contributed by atoms with van der Waals surface area (Å²) in [5, 5.41) is -0.968. The van der Waals surface area contributed by atoms with Crippen LogP contribution in [0, 0.1) is 5.82 Å². The fourth-order valence-electron chi connectivity index (χ4n) is 1.37. The number of hydrogen-bond donors (Lipinski definition) is 1. The van der Waals surface area contributed by atoms with Gasteiger partial charge in [-0.1, -0.05) is 30.4 Å². The van der Waals surface area contributed by atoms with E-state index in [0.29, 0.717) is 5.56 Å². The van der Waals surface area contributed by atoms with Crippen LogP contribution in [-0.4, -0.2) is 30.0 Å². The maximum Gasteiger partial charge on any atom is 0.223 e. The molecule has 0 aliphatic carbocycles. The first-order valence-corrected chi connectivity index (χ1v) is 7.16. The maximum absolute atomic E-state index is 13.4. The Kier molecular flexibility index (Phi) is 4.78. The maximum atomic E-state index is 13.4. The molecule has 0 spiro atoms. The molecule has 100 valence electrons. The molecule has 0 fully saturated rings. The van der Waals surface area contributed by atoms with Gasteiger partial charge in [0.1, 0.15) is 11.1 Å². The van der Waals surface area contributed by atoms with Crippen LogP contribution in [0.1, 0.15) is 12.5 Å². The molecule has 0 saturated carbocycles. The van der Waals surface area contributed by atoms with Crippen molar-refractivity contribution in [3.05, 3.63) is 35.6 Å². The highest BCUT2D eigenvalue weighted by Crippen LogP contribution is 2.14. The highest BCUT2D eigenvalue weighted by Gasteiger charge is 2.28. The van der Waals surface area contributed by atoms with E-state index in [9.17, 15) is 12.8 Å². The molecule has 0 bridgehead atoms. The van der Waals surface area contributed by atoms with Crippen molar-refractivity contribution in [2.75, 3.05) is 7.05 Å². The van der Waals surface area contributed by atoms with Crippen LogP contribution in [0.5, 0.6) is 0 Å². The predicted molar refractivity (Wildman–Crippen MR) is 73.0 cm³/mol. The van der Waals surface area contributed by atoms with Crippen LogP contribution < -0.4 is 5.73 Å². The summed E-state index contributed by atoms with van der Waals surface area (Å²) in [6, 6.07) is 6.01. The van der Waals surface area contributed by atoms with Crippen molar-refractivity contribution in [3.8, 4) is 0 Å². The molecule has 0 aliphatic heterocycles. The summed E-state index contributed by atoms with van der Waals surface area (Å²) in [5.74, 6) is -0.442. The first-order chi connectivity index (χ1) is 8.26. The minimum Gasteiger partial charge on any atom is -0.392 e. The average molecular weight is 290 g/mol. The monoisotopic (exact) mass is 290 g/mol. The summed E-state index contributed by atoms with van der Waals surface area (Å²) in [7, 11) is -2.28. The molecular formula is C11H15FN2O2S2. The van der Waals surface area contributed by atoms with E-state index in [2.05, 4.69) is 12.2 Å². The third-order valence-electron chi connectivity index (χ3n) is 2.63. The largest absolute Gasteiger partial charge is 0.392 e. The van der Waals surface area contributed by atoms with Crippen molar-refractivity contribution >= 4 is 27.2 Å². The van der Waals surface area contributed by atoms with Crippen LogP contribution in [-0.2, 0) is 16.6 Å². The second-order valence-corrected chi connectivity index (χ2v) is 6.77. The van der Waals surface area contributed by atoms with Gasteiger partial charge < -0.3 is 5.73 Å². The van der Waals surface area contributed by atoms with Gasteiger partial charge in [-0.2, -0.15) is 4.31 Å². The van der Waals surface area contributed by atoms with E-state index in [1.165, 1.54) is 26.1 Å². The van der Waals surface area contributed by atoms with Crippen molar-refractivity contribution in [2.24, 2.45) is 5.73 Å². The molecule has 0 saturated heterocycles. The summed E-state index contributed by atoms with van der Waals surface area (Å²) >= 11 is 4.67. The van der Waals surface area contributed by atoms with E-state index in [1.807, 2.05) is 0 Å². The molecule has 0 heterocycles. The van der Waals surface area contributed by atoms with E-state index >= 15 is 0 Å². The van der Waals surface area contributed by atoms with Crippen LogP contribution in [0.2, 0.25) is 0 Å². The summed E-state index contributed by atoms with van der Waals surface area (Å²) in [6.45, 7) is 1.36. The van der Waals surface area contributed by atoms with Crippen LogP contribution in [0.4, 0.5) is 4.39 Å². The molecule has 7 heteroatoms. The Morgan fingerprint density at radius 2 is 2.06 bits per heavy atom. The predicted octanol–water partition coefficient (Wildman–Crippen LogP) is 1.26. The SMILES string of the molecule is CC(C(N)=S)S(=O)(=O)N(C)Cc1ccccc1F. The van der Waals surface area contributed by atoms with Crippen molar-refractivity contribution < 1.29 is 12.8 Å². The number of hydrogen-bond acceptors (Lipinski definition) is 3. The molecule has 1 aromatic carbocycles. The molecular weight excluding hydrogens is 275 g/mol. The number of nitrogens with two attached hydrogens (primary N) is 1. The quantitative estimate of drug-likeness (QED) is 0.829. The second-order valence-electron chi connectivity index (χ2n) is 3.94. The third kappa shape index (κ3) is 3.24. The minimum atomic E-state index is -3.65. The number of halogens is 1. The van der Waals surface area contributed by atoms with Gasteiger partial charge >= 0.3 is 0 Å². The molecule has 0 amide bonds. The normalized spacial score (nSPS) is 13.6. The Morgan fingerprint density at radius 1 is 1.50 bits per heavy atom. The van der Waals surface area contributed by atoms with Gasteiger partial charge in [-0.3, -0.25) is 0 Å². The van der Waals surface area contributed by atoms with Crippen molar-refractivity contribution in [2.45, 2.75) is 18.7 Å². The van der Waals surface area contributed by atoms with E-state index in [0.717, 1.165) is 4.31 Å². The molecule has 1 atom stereocenters. The lowest BCUT2D eigenvalue weighted by atomic mass is 10.2. The van der Waals surface area contributed by atoms with Gasteiger partial charge in [-0.05, 0) is 13.0 Å². The smallest absolute Gasteiger partial charge is 0.223 e. The molecule has 0 aliphatic rings. The molecule has 4 nitrogen and oxygen atoms in total. The molecule has 1 aromatic rings. The van der Waals surface area contributed by atoms with E-state index in [-0.39, 0.29) is 11.5 Å². The zero-order chi connectivity index (χ0) is 13.9. The first kappa shape index (κ1) is 15.0. The number of rotatable bonds is 5. The Balaban J connectivity index is 2.93. The van der Waals surface area contributed by atoms with Gasteiger partial charge in [-0.15, -0.1) is 0 Å². The molecule has 2 N–H and O–H groups in total. The van der Waals surface area contributed by atoms with E-state index < -0.39 is 21.1 Å². The van der Waals surface area contributed by atoms with Crippen molar-refractivity contribution in [3.63, 3.8) is 0 Å². The second kappa shape index (κ2) is 5.73. The van der Waals surface area contributed by atoms with Gasteiger partial charge in [0, 0.05) is 19.2 Å².